The molecule has 0 aromatic carbocycles. The predicted octanol–water partition coefficient (Wildman–Crippen LogP) is 2.28. The Hall–Kier alpha value is -1.37. The summed E-state index contributed by atoms with van der Waals surface area (Å²) in [6.07, 6.45) is 0.714. The third-order valence-electron chi connectivity index (χ3n) is 6.39. The Kier molecular flexibility index (Phi) is 6.18. The summed E-state index contributed by atoms with van der Waals surface area (Å²) in [6.45, 7) is 9.39. The molecule has 2 unspecified atom stereocenters. The van der Waals surface area contributed by atoms with Gasteiger partial charge in [-0.1, -0.05) is 5.92 Å². The van der Waals surface area contributed by atoms with E-state index in [4.69, 9.17) is 23.7 Å². The highest BCUT2D eigenvalue weighted by Gasteiger charge is 2.68. The van der Waals surface area contributed by atoms with E-state index in [0.717, 1.165) is 12.8 Å². The number of aliphatic hydroxyl groups excluding tert-OH is 1. The second-order valence-electron chi connectivity index (χ2n) is 9.51. The van der Waals surface area contributed by atoms with E-state index < -0.39 is 34.9 Å². The maximum absolute atomic E-state index is 13.1. The molecule has 170 valence electrons. The van der Waals surface area contributed by atoms with E-state index in [2.05, 4.69) is 11.8 Å². The van der Waals surface area contributed by atoms with Crippen molar-refractivity contribution in [1.29, 1.82) is 0 Å². The van der Waals surface area contributed by atoms with Gasteiger partial charge >= 0.3 is 6.09 Å². The molecule has 3 aliphatic rings. The highest BCUT2D eigenvalue weighted by Crippen LogP contribution is 2.56. The molecular weight excluding hydrogens is 390 g/mol. The molecule has 0 aromatic heterocycles. The second kappa shape index (κ2) is 7.95. The van der Waals surface area contributed by atoms with Crippen LogP contribution in [0, 0.1) is 17.8 Å². The smallest absolute Gasteiger partial charge is 0.410 e. The molecule has 1 spiro atoms. The van der Waals surface area contributed by atoms with Crippen LogP contribution in [-0.2, 0) is 23.7 Å². The zero-order chi connectivity index (χ0) is 22.4. The lowest BCUT2D eigenvalue weighted by molar-refractivity contribution is -0.456. The van der Waals surface area contributed by atoms with E-state index in [-0.39, 0.29) is 18.6 Å². The number of amides is 1. The number of likely N-dealkylation sites (tertiary alicyclic amines) is 1. The van der Waals surface area contributed by atoms with Crippen LogP contribution >= 0.6 is 0 Å². The maximum atomic E-state index is 13.1. The molecule has 2 saturated heterocycles. The quantitative estimate of drug-likeness (QED) is 0.694. The first kappa shape index (κ1) is 23.3. The first-order valence-electron chi connectivity index (χ1n) is 10.5. The zero-order valence-corrected chi connectivity index (χ0v) is 19.1. The molecule has 3 fully saturated rings. The van der Waals surface area contributed by atoms with Gasteiger partial charge in [-0.25, -0.2) is 4.79 Å². The van der Waals surface area contributed by atoms with E-state index in [1.807, 2.05) is 20.8 Å². The SMILES string of the molecule is COC1(C)O[C@@H]2[C@@H](C#CCCO)C3(CC3)N(C(=O)OC(C)(C)C)C[C@H]2OC1(C)OC. The van der Waals surface area contributed by atoms with Gasteiger partial charge < -0.3 is 28.8 Å². The summed E-state index contributed by atoms with van der Waals surface area (Å²) in [5.41, 5.74) is -1.08. The van der Waals surface area contributed by atoms with E-state index >= 15 is 0 Å². The molecule has 0 bridgehead atoms. The number of carbonyl (C=O) groups excluding carboxylic acids is 1. The lowest BCUT2D eigenvalue weighted by Gasteiger charge is -2.57. The summed E-state index contributed by atoms with van der Waals surface area (Å²) >= 11 is 0. The number of fused-ring (bicyclic) bond motifs is 1. The molecule has 0 radical (unpaired) electrons. The Labute approximate surface area is 179 Å². The molecule has 1 N–H and O–H groups in total. The summed E-state index contributed by atoms with van der Waals surface area (Å²) in [6, 6.07) is 0. The molecule has 8 heteroatoms. The normalized spacial score (nSPS) is 37.2. The average molecular weight is 426 g/mol. The van der Waals surface area contributed by atoms with Crippen molar-refractivity contribution in [3.63, 3.8) is 0 Å². The minimum Gasteiger partial charge on any atom is -0.444 e. The molecular formula is C22H35NO7. The molecule has 1 amide bonds. The highest BCUT2D eigenvalue weighted by molar-refractivity contribution is 5.70. The molecule has 1 saturated carbocycles. The standard InChI is InChI=1S/C22H35NO7/c1-19(2,3)30-18(25)23-14-16-17(15(10-8-9-13-24)22(23)11-12-22)29-21(5,27-7)20(4,26-6)28-16/h15-17,24H,9,11-14H2,1-7H3/t15-,16-,17-,20?,21?/m1/s1. The maximum Gasteiger partial charge on any atom is 0.410 e. The Morgan fingerprint density at radius 2 is 1.77 bits per heavy atom. The molecule has 8 nitrogen and oxygen atoms in total. The number of rotatable bonds is 3. The number of carbonyl (C=O) groups is 1. The number of hydrogen-bond acceptors (Lipinski definition) is 7. The average Bonchev–Trinajstić information content (AvgIpc) is 3.45. The van der Waals surface area contributed by atoms with Gasteiger partial charge in [0.25, 0.3) is 0 Å². The first-order valence-corrected chi connectivity index (χ1v) is 10.5. The van der Waals surface area contributed by atoms with Crippen molar-refractivity contribution in [2.24, 2.45) is 5.92 Å². The molecule has 30 heavy (non-hydrogen) atoms. The fourth-order valence-electron chi connectivity index (χ4n) is 4.37. The van der Waals surface area contributed by atoms with Gasteiger partial charge in [-0.2, -0.15) is 0 Å². The number of piperidine rings is 1. The molecule has 2 aliphatic heterocycles. The van der Waals surface area contributed by atoms with Gasteiger partial charge in [-0.3, -0.25) is 4.90 Å². The largest absolute Gasteiger partial charge is 0.444 e. The molecule has 1 aliphatic carbocycles. The van der Waals surface area contributed by atoms with Crippen LogP contribution in [0.15, 0.2) is 0 Å². The van der Waals surface area contributed by atoms with Crippen molar-refractivity contribution in [2.45, 2.75) is 88.8 Å². The summed E-state index contributed by atoms with van der Waals surface area (Å²) < 4.78 is 29.8. The summed E-state index contributed by atoms with van der Waals surface area (Å²) in [4.78, 5) is 14.9. The molecule has 5 atom stereocenters. The van der Waals surface area contributed by atoms with Crippen LogP contribution in [-0.4, -0.2) is 78.4 Å². The molecule has 2 heterocycles. The van der Waals surface area contributed by atoms with Crippen LogP contribution in [0.3, 0.4) is 0 Å². The van der Waals surface area contributed by atoms with Gasteiger partial charge in [0.2, 0.25) is 11.6 Å². The van der Waals surface area contributed by atoms with E-state index in [1.54, 1.807) is 25.9 Å². The van der Waals surface area contributed by atoms with Crippen LogP contribution in [0.5, 0.6) is 0 Å². The van der Waals surface area contributed by atoms with Crippen LogP contribution in [0.1, 0.15) is 53.9 Å². The van der Waals surface area contributed by atoms with Crippen molar-refractivity contribution in [2.75, 3.05) is 27.4 Å². The van der Waals surface area contributed by atoms with Crippen molar-refractivity contribution in [1.82, 2.24) is 4.90 Å². The van der Waals surface area contributed by atoms with Gasteiger partial charge in [0, 0.05) is 20.6 Å². The second-order valence-corrected chi connectivity index (χ2v) is 9.51. The number of methoxy groups -OCH3 is 2. The lowest BCUT2D eigenvalue weighted by atomic mass is 9.81. The number of nitrogens with zero attached hydrogens (tertiary/aromatic N) is 1. The van der Waals surface area contributed by atoms with Gasteiger partial charge in [0.1, 0.15) is 17.8 Å². The lowest BCUT2D eigenvalue weighted by Crippen LogP contribution is -2.72. The third-order valence-corrected chi connectivity index (χ3v) is 6.39. The molecule has 3 rings (SSSR count). The van der Waals surface area contributed by atoms with Gasteiger partial charge in [-0.05, 0) is 47.5 Å². The first-order chi connectivity index (χ1) is 14.0. The monoisotopic (exact) mass is 425 g/mol. The third kappa shape index (κ3) is 3.94. The summed E-state index contributed by atoms with van der Waals surface area (Å²) in [7, 11) is 3.09. The number of aliphatic hydroxyl groups is 1. The van der Waals surface area contributed by atoms with Crippen molar-refractivity contribution >= 4 is 6.09 Å². The Morgan fingerprint density at radius 1 is 1.17 bits per heavy atom. The number of ether oxygens (including phenoxy) is 5. The van der Waals surface area contributed by atoms with Crippen LogP contribution < -0.4 is 0 Å². The number of hydrogen-bond donors (Lipinski definition) is 1. The van der Waals surface area contributed by atoms with Crippen molar-refractivity contribution < 1.29 is 33.6 Å². The van der Waals surface area contributed by atoms with Crippen LogP contribution in [0.25, 0.3) is 0 Å². The predicted molar refractivity (Wildman–Crippen MR) is 108 cm³/mol. The van der Waals surface area contributed by atoms with Crippen molar-refractivity contribution in [3.8, 4) is 11.8 Å². The van der Waals surface area contributed by atoms with E-state index in [9.17, 15) is 9.90 Å². The van der Waals surface area contributed by atoms with Gasteiger partial charge in [-0.15, -0.1) is 5.92 Å². The Morgan fingerprint density at radius 3 is 2.27 bits per heavy atom. The van der Waals surface area contributed by atoms with Crippen LogP contribution in [0.2, 0.25) is 0 Å². The van der Waals surface area contributed by atoms with Gasteiger partial charge in [0.05, 0.1) is 24.6 Å². The Balaban J connectivity index is 1.98. The van der Waals surface area contributed by atoms with E-state index in [1.165, 1.54) is 7.11 Å². The Bertz CT molecular complexity index is 719. The summed E-state index contributed by atoms with van der Waals surface area (Å²) in [5, 5.41) is 9.18. The van der Waals surface area contributed by atoms with Crippen molar-refractivity contribution in [3.05, 3.63) is 0 Å². The minimum absolute atomic E-state index is 0.0223. The fraction of sp³-hybridized carbons (Fsp3) is 0.864. The fourth-order valence-corrected chi connectivity index (χ4v) is 4.37. The van der Waals surface area contributed by atoms with E-state index in [0.29, 0.717) is 13.0 Å². The van der Waals surface area contributed by atoms with Crippen LogP contribution in [0.4, 0.5) is 4.79 Å². The zero-order valence-electron chi connectivity index (χ0n) is 19.1. The minimum atomic E-state index is -1.17. The summed E-state index contributed by atoms with van der Waals surface area (Å²) in [5.74, 6) is 3.69. The molecule has 0 aromatic rings. The highest BCUT2D eigenvalue weighted by atomic mass is 16.8. The topological polar surface area (TPSA) is 86.7 Å². The van der Waals surface area contributed by atoms with Gasteiger partial charge in [0.15, 0.2) is 0 Å².